The summed E-state index contributed by atoms with van der Waals surface area (Å²) in [5.41, 5.74) is 1.18. The van der Waals surface area contributed by atoms with E-state index in [1.807, 2.05) is 31.2 Å². The molecule has 0 aliphatic heterocycles. The molecule has 1 unspecified atom stereocenters. The molecule has 0 bridgehead atoms. The fourth-order valence-electron chi connectivity index (χ4n) is 1.35. The molecule has 1 rings (SSSR count). The van der Waals surface area contributed by atoms with Gasteiger partial charge in [-0.15, -0.1) is 11.8 Å². The molecule has 3 N–H and O–H groups in total. The zero-order valence-electron chi connectivity index (χ0n) is 10.6. The topological polar surface area (TPSA) is 86.6 Å². The molecule has 0 aromatic heterocycles. The normalized spacial score (nSPS) is 11.9. The number of carboxylic acids is 1. The molecule has 0 spiro atoms. The lowest BCUT2D eigenvalue weighted by Gasteiger charge is -2.11. The van der Waals surface area contributed by atoms with E-state index in [1.165, 1.54) is 17.3 Å². The molecule has 5 nitrogen and oxygen atoms in total. The van der Waals surface area contributed by atoms with Crippen molar-refractivity contribution in [3.63, 3.8) is 0 Å². The second-order valence-corrected chi connectivity index (χ2v) is 5.22. The quantitative estimate of drug-likeness (QED) is 0.651. The Morgan fingerprint density at radius 2 is 1.95 bits per heavy atom. The second-order valence-electron chi connectivity index (χ2n) is 4.05. The summed E-state index contributed by atoms with van der Waals surface area (Å²) in [5.74, 6) is -1.05. The number of hydrogen-bond donors (Lipinski definition) is 3. The number of carbonyl (C=O) groups excluding carboxylic acids is 1. The number of thioether (sulfide) groups is 1. The lowest BCUT2D eigenvalue weighted by Crippen LogP contribution is -2.43. The largest absolute Gasteiger partial charge is 0.480 e. The summed E-state index contributed by atoms with van der Waals surface area (Å²) in [6, 6.07) is 6.72. The number of carboxylic acid groups (broad SMARTS) is 1. The Hall–Kier alpha value is -1.53. The molecule has 104 valence electrons. The number of amides is 1. The van der Waals surface area contributed by atoms with Crippen molar-refractivity contribution in [2.45, 2.75) is 24.3 Å². The zero-order valence-corrected chi connectivity index (χ0v) is 11.4. The van der Waals surface area contributed by atoms with Gasteiger partial charge in [0.2, 0.25) is 5.91 Å². The van der Waals surface area contributed by atoms with E-state index in [9.17, 15) is 9.59 Å². The highest BCUT2D eigenvalue weighted by molar-refractivity contribution is 7.99. The van der Waals surface area contributed by atoms with E-state index in [1.54, 1.807) is 0 Å². The van der Waals surface area contributed by atoms with E-state index in [-0.39, 0.29) is 12.3 Å². The van der Waals surface area contributed by atoms with Crippen molar-refractivity contribution in [2.24, 2.45) is 0 Å². The minimum Gasteiger partial charge on any atom is -0.480 e. The van der Waals surface area contributed by atoms with Crippen molar-refractivity contribution in [3.8, 4) is 0 Å². The van der Waals surface area contributed by atoms with Gasteiger partial charge < -0.3 is 15.5 Å². The Kier molecular flexibility index (Phi) is 6.38. The molecule has 19 heavy (non-hydrogen) atoms. The Bertz CT molecular complexity index is 433. The lowest BCUT2D eigenvalue weighted by molar-refractivity contribution is -0.142. The summed E-state index contributed by atoms with van der Waals surface area (Å²) < 4.78 is 0. The summed E-state index contributed by atoms with van der Waals surface area (Å²) in [6.07, 6.45) is 0.211. The van der Waals surface area contributed by atoms with Crippen LogP contribution < -0.4 is 5.32 Å². The van der Waals surface area contributed by atoms with Gasteiger partial charge in [-0.3, -0.25) is 4.79 Å². The van der Waals surface area contributed by atoms with Crippen molar-refractivity contribution in [2.75, 3.05) is 12.4 Å². The number of aryl methyl sites for hydroxylation is 1. The van der Waals surface area contributed by atoms with Gasteiger partial charge in [0.15, 0.2) is 0 Å². The van der Waals surface area contributed by atoms with Crippen LogP contribution in [0.25, 0.3) is 0 Å². The first-order chi connectivity index (χ1) is 9.02. The highest BCUT2D eigenvalue weighted by atomic mass is 32.2. The van der Waals surface area contributed by atoms with Crippen LogP contribution in [-0.4, -0.2) is 40.5 Å². The van der Waals surface area contributed by atoms with Gasteiger partial charge in [0.1, 0.15) is 6.04 Å². The van der Waals surface area contributed by atoms with Crippen LogP contribution in [0.15, 0.2) is 29.2 Å². The Balaban J connectivity index is 2.30. The Morgan fingerprint density at radius 3 is 2.47 bits per heavy atom. The van der Waals surface area contributed by atoms with Crippen LogP contribution >= 0.6 is 11.8 Å². The highest BCUT2D eigenvalue weighted by Crippen LogP contribution is 2.18. The molecule has 1 amide bonds. The number of benzene rings is 1. The van der Waals surface area contributed by atoms with E-state index < -0.39 is 18.6 Å². The first-order valence-corrected chi connectivity index (χ1v) is 6.84. The van der Waals surface area contributed by atoms with Gasteiger partial charge >= 0.3 is 5.97 Å². The van der Waals surface area contributed by atoms with Crippen LogP contribution in [0, 0.1) is 6.92 Å². The third kappa shape index (κ3) is 5.76. The van der Waals surface area contributed by atoms with Crippen LogP contribution in [0.4, 0.5) is 0 Å². The van der Waals surface area contributed by atoms with Crippen LogP contribution in [-0.2, 0) is 9.59 Å². The molecular weight excluding hydrogens is 266 g/mol. The first-order valence-electron chi connectivity index (χ1n) is 5.85. The first kappa shape index (κ1) is 15.5. The van der Waals surface area contributed by atoms with Gasteiger partial charge in [-0.1, -0.05) is 17.7 Å². The molecule has 0 heterocycles. The second kappa shape index (κ2) is 7.81. The molecule has 0 aliphatic carbocycles. The third-order valence-electron chi connectivity index (χ3n) is 2.43. The average molecular weight is 283 g/mol. The molecule has 0 saturated heterocycles. The van der Waals surface area contributed by atoms with Gasteiger partial charge in [-0.2, -0.15) is 0 Å². The van der Waals surface area contributed by atoms with Crippen LogP contribution in [0.2, 0.25) is 0 Å². The number of aliphatic hydroxyl groups excluding tert-OH is 1. The standard InChI is InChI=1S/C13H17NO4S/c1-9-2-4-10(5-3-9)19-7-6-12(16)14-11(8-15)13(17)18/h2-5,11,15H,6-8H2,1H3,(H,14,16)(H,17,18). The summed E-state index contributed by atoms with van der Waals surface area (Å²) in [5, 5.41) is 19.7. The molecule has 0 saturated carbocycles. The lowest BCUT2D eigenvalue weighted by atomic mass is 10.2. The van der Waals surface area contributed by atoms with E-state index >= 15 is 0 Å². The molecule has 0 aliphatic rings. The number of carbonyl (C=O) groups is 2. The van der Waals surface area contributed by atoms with Gasteiger partial charge in [-0.25, -0.2) is 4.79 Å². The number of aliphatic carboxylic acids is 1. The molecule has 6 heteroatoms. The number of nitrogens with one attached hydrogen (secondary N) is 1. The van der Waals surface area contributed by atoms with Crippen molar-refractivity contribution < 1.29 is 19.8 Å². The van der Waals surface area contributed by atoms with E-state index in [0.717, 1.165) is 4.90 Å². The molecule has 1 atom stereocenters. The van der Waals surface area contributed by atoms with Crippen molar-refractivity contribution in [3.05, 3.63) is 29.8 Å². The minimum atomic E-state index is -1.23. The van der Waals surface area contributed by atoms with Gasteiger partial charge in [-0.05, 0) is 19.1 Å². The van der Waals surface area contributed by atoms with Crippen molar-refractivity contribution >= 4 is 23.6 Å². The van der Waals surface area contributed by atoms with Crippen LogP contribution in [0.5, 0.6) is 0 Å². The minimum absolute atomic E-state index is 0.211. The molecule has 0 radical (unpaired) electrons. The monoisotopic (exact) mass is 283 g/mol. The highest BCUT2D eigenvalue weighted by Gasteiger charge is 2.18. The number of hydrogen-bond acceptors (Lipinski definition) is 4. The Morgan fingerprint density at radius 1 is 1.32 bits per heavy atom. The maximum absolute atomic E-state index is 11.5. The zero-order chi connectivity index (χ0) is 14.3. The predicted molar refractivity (Wildman–Crippen MR) is 73.2 cm³/mol. The number of rotatable bonds is 7. The molecular formula is C13H17NO4S. The average Bonchev–Trinajstić information content (AvgIpc) is 2.38. The van der Waals surface area contributed by atoms with Gasteiger partial charge in [0.25, 0.3) is 0 Å². The molecule has 1 aromatic carbocycles. The summed E-state index contributed by atoms with van der Waals surface area (Å²) >= 11 is 1.53. The van der Waals surface area contributed by atoms with Crippen molar-refractivity contribution in [1.29, 1.82) is 0 Å². The van der Waals surface area contributed by atoms with Gasteiger partial charge in [0, 0.05) is 17.1 Å². The smallest absolute Gasteiger partial charge is 0.328 e. The van der Waals surface area contributed by atoms with E-state index in [2.05, 4.69) is 5.32 Å². The molecule has 0 fully saturated rings. The molecule has 1 aromatic rings. The van der Waals surface area contributed by atoms with E-state index in [4.69, 9.17) is 10.2 Å². The maximum atomic E-state index is 11.5. The summed E-state index contributed by atoms with van der Waals surface area (Å²) in [6.45, 7) is 1.40. The van der Waals surface area contributed by atoms with Crippen LogP contribution in [0.1, 0.15) is 12.0 Å². The maximum Gasteiger partial charge on any atom is 0.328 e. The Labute approximate surface area is 116 Å². The summed E-state index contributed by atoms with van der Waals surface area (Å²) in [4.78, 5) is 23.1. The van der Waals surface area contributed by atoms with Crippen LogP contribution in [0.3, 0.4) is 0 Å². The van der Waals surface area contributed by atoms with Crippen molar-refractivity contribution in [1.82, 2.24) is 5.32 Å². The fraction of sp³-hybridized carbons (Fsp3) is 0.385. The summed E-state index contributed by atoms with van der Waals surface area (Å²) in [7, 11) is 0. The predicted octanol–water partition coefficient (Wildman–Crippen LogP) is 1.04. The SMILES string of the molecule is Cc1ccc(SCCC(=O)NC(CO)C(=O)O)cc1. The number of aliphatic hydroxyl groups is 1. The fourth-order valence-corrected chi connectivity index (χ4v) is 2.20. The van der Waals surface area contributed by atoms with E-state index in [0.29, 0.717) is 5.75 Å². The van der Waals surface area contributed by atoms with Gasteiger partial charge in [0.05, 0.1) is 6.61 Å². The third-order valence-corrected chi connectivity index (χ3v) is 3.45.